The summed E-state index contributed by atoms with van der Waals surface area (Å²) in [7, 11) is 2.21. The van der Waals surface area contributed by atoms with Gasteiger partial charge in [-0.3, -0.25) is 4.90 Å². The maximum atomic E-state index is 6.06. The van der Waals surface area contributed by atoms with Gasteiger partial charge in [0.2, 0.25) is 0 Å². The second-order valence-corrected chi connectivity index (χ2v) is 8.43. The highest BCUT2D eigenvalue weighted by Gasteiger charge is 2.42. The molecule has 0 aromatic carbocycles. The largest absolute Gasteiger partial charge is 0.329 e. The monoisotopic (exact) mass is 334 g/mol. The molecule has 2 rings (SSSR count). The second kappa shape index (κ2) is 5.61. The SMILES string of the molecule is CC1SCCC1(CN)N(C)Cc1csc(Br)c1. The minimum absolute atomic E-state index is 0.180. The predicted octanol–water partition coefficient (Wildman–Crippen LogP) is 3.17. The molecule has 1 fully saturated rings. The van der Waals surface area contributed by atoms with Crippen molar-refractivity contribution in [2.45, 2.75) is 30.7 Å². The van der Waals surface area contributed by atoms with E-state index in [1.54, 1.807) is 11.3 Å². The normalized spacial score (nSPS) is 29.1. The van der Waals surface area contributed by atoms with Crippen molar-refractivity contribution in [3.05, 3.63) is 20.8 Å². The molecule has 1 aliphatic rings. The lowest BCUT2D eigenvalue weighted by molar-refractivity contribution is 0.122. The second-order valence-electron chi connectivity index (χ2n) is 4.69. The summed E-state index contributed by atoms with van der Waals surface area (Å²) in [6, 6.07) is 2.21. The lowest BCUT2D eigenvalue weighted by Crippen LogP contribution is -2.55. The first-order valence-electron chi connectivity index (χ1n) is 5.84. The Morgan fingerprint density at radius 1 is 1.65 bits per heavy atom. The summed E-state index contributed by atoms with van der Waals surface area (Å²) in [5.41, 5.74) is 7.61. The lowest BCUT2D eigenvalue weighted by atomic mass is 9.90. The van der Waals surface area contributed by atoms with Crippen LogP contribution >= 0.6 is 39.0 Å². The third-order valence-electron chi connectivity index (χ3n) is 3.81. The summed E-state index contributed by atoms with van der Waals surface area (Å²) in [6.07, 6.45) is 1.21. The Hall–Kier alpha value is 0.450. The Bertz CT molecular complexity index is 382. The van der Waals surface area contributed by atoms with Gasteiger partial charge in [-0.25, -0.2) is 0 Å². The van der Waals surface area contributed by atoms with E-state index in [1.807, 2.05) is 11.8 Å². The zero-order valence-electron chi connectivity index (χ0n) is 10.3. The van der Waals surface area contributed by atoms with Gasteiger partial charge in [0.25, 0.3) is 0 Å². The minimum Gasteiger partial charge on any atom is -0.329 e. The van der Waals surface area contributed by atoms with Crippen LogP contribution in [0.4, 0.5) is 0 Å². The summed E-state index contributed by atoms with van der Waals surface area (Å²) >= 11 is 7.31. The van der Waals surface area contributed by atoms with Gasteiger partial charge in [-0.05, 0) is 52.2 Å². The van der Waals surface area contributed by atoms with Crippen LogP contribution in [0.3, 0.4) is 0 Å². The maximum Gasteiger partial charge on any atom is 0.0701 e. The molecular weight excluding hydrogens is 316 g/mol. The minimum atomic E-state index is 0.180. The van der Waals surface area contributed by atoms with Crippen LogP contribution in [-0.2, 0) is 6.54 Å². The van der Waals surface area contributed by atoms with Crippen LogP contribution in [0, 0.1) is 0 Å². The number of halogens is 1. The molecule has 2 N–H and O–H groups in total. The van der Waals surface area contributed by atoms with Crippen LogP contribution < -0.4 is 5.73 Å². The van der Waals surface area contributed by atoms with E-state index in [0.29, 0.717) is 5.25 Å². The van der Waals surface area contributed by atoms with E-state index in [9.17, 15) is 0 Å². The number of hydrogen-bond acceptors (Lipinski definition) is 4. The maximum absolute atomic E-state index is 6.06. The van der Waals surface area contributed by atoms with Gasteiger partial charge in [0.15, 0.2) is 0 Å². The molecule has 5 heteroatoms. The van der Waals surface area contributed by atoms with Crippen molar-refractivity contribution in [3.63, 3.8) is 0 Å². The molecule has 0 aliphatic carbocycles. The van der Waals surface area contributed by atoms with E-state index in [1.165, 1.54) is 21.5 Å². The highest BCUT2D eigenvalue weighted by atomic mass is 79.9. The lowest BCUT2D eigenvalue weighted by Gasteiger charge is -2.41. The van der Waals surface area contributed by atoms with E-state index in [2.05, 4.69) is 46.2 Å². The third-order valence-corrected chi connectivity index (χ3v) is 6.75. The zero-order valence-corrected chi connectivity index (χ0v) is 13.5. The molecule has 2 atom stereocenters. The van der Waals surface area contributed by atoms with Crippen LogP contribution in [0.5, 0.6) is 0 Å². The van der Waals surface area contributed by atoms with Crippen LogP contribution in [0.2, 0.25) is 0 Å². The van der Waals surface area contributed by atoms with E-state index in [-0.39, 0.29) is 5.54 Å². The summed E-state index contributed by atoms with van der Waals surface area (Å²) in [6.45, 7) is 4.05. The Morgan fingerprint density at radius 3 is 2.88 bits per heavy atom. The molecule has 1 aliphatic heterocycles. The Kier molecular flexibility index (Phi) is 4.58. The van der Waals surface area contributed by atoms with Gasteiger partial charge < -0.3 is 5.73 Å². The number of nitrogens with zero attached hydrogens (tertiary/aromatic N) is 1. The molecule has 0 amide bonds. The highest BCUT2D eigenvalue weighted by Crippen LogP contribution is 2.39. The number of hydrogen-bond donors (Lipinski definition) is 1. The molecule has 0 spiro atoms. The first kappa shape index (κ1) is 13.9. The molecule has 1 aromatic heterocycles. The topological polar surface area (TPSA) is 29.3 Å². The van der Waals surface area contributed by atoms with Crippen molar-refractivity contribution < 1.29 is 0 Å². The molecule has 96 valence electrons. The zero-order chi connectivity index (χ0) is 12.5. The predicted molar refractivity (Wildman–Crippen MR) is 81.8 cm³/mol. The van der Waals surface area contributed by atoms with E-state index >= 15 is 0 Å². The van der Waals surface area contributed by atoms with Crippen molar-refractivity contribution in [2.75, 3.05) is 19.3 Å². The van der Waals surface area contributed by atoms with E-state index < -0.39 is 0 Å². The number of thioether (sulfide) groups is 1. The molecular formula is C12H19BrN2S2. The Balaban J connectivity index is 2.10. The van der Waals surface area contributed by atoms with Gasteiger partial charge in [-0.15, -0.1) is 11.3 Å². The van der Waals surface area contributed by atoms with Crippen LogP contribution in [0.15, 0.2) is 15.2 Å². The summed E-state index contributed by atoms with van der Waals surface area (Å²) < 4.78 is 1.21. The van der Waals surface area contributed by atoms with Gasteiger partial charge in [0.1, 0.15) is 0 Å². The van der Waals surface area contributed by atoms with Crippen molar-refractivity contribution in [2.24, 2.45) is 5.73 Å². The van der Waals surface area contributed by atoms with Gasteiger partial charge in [0, 0.05) is 23.9 Å². The smallest absolute Gasteiger partial charge is 0.0701 e. The molecule has 1 aromatic rings. The molecule has 17 heavy (non-hydrogen) atoms. The van der Waals surface area contributed by atoms with Crippen molar-refractivity contribution in [1.82, 2.24) is 4.90 Å². The summed E-state index contributed by atoms with van der Waals surface area (Å²) in [5, 5.41) is 2.84. The van der Waals surface area contributed by atoms with Gasteiger partial charge >= 0.3 is 0 Å². The van der Waals surface area contributed by atoms with Gasteiger partial charge in [-0.2, -0.15) is 11.8 Å². The number of rotatable bonds is 4. The fourth-order valence-electron chi connectivity index (χ4n) is 2.56. The number of likely N-dealkylation sites (N-methyl/N-ethyl adjacent to an activating group) is 1. The standard InChI is InChI=1S/C12H19BrN2S2/c1-9-12(8-14,3-4-16-9)15(2)6-10-5-11(13)17-7-10/h5,7,9H,3-4,6,8,14H2,1-2H3. The molecule has 0 saturated carbocycles. The molecule has 0 bridgehead atoms. The first-order chi connectivity index (χ1) is 8.08. The van der Waals surface area contributed by atoms with Crippen molar-refractivity contribution >= 4 is 39.0 Å². The van der Waals surface area contributed by atoms with Gasteiger partial charge in [0.05, 0.1) is 3.79 Å². The summed E-state index contributed by atoms with van der Waals surface area (Å²) in [5.74, 6) is 1.23. The van der Waals surface area contributed by atoms with Crippen LogP contribution in [-0.4, -0.2) is 35.0 Å². The Morgan fingerprint density at radius 2 is 2.41 bits per heavy atom. The third kappa shape index (κ3) is 2.73. The van der Waals surface area contributed by atoms with E-state index in [4.69, 9.17) is 5.73 Å². The first-order valence-corrected chi connectivity index (χ1v) is 8.56. The van der Waals surface area contributed by atoms with E-state index in [0.717, 1.165) is 13.1 Å². The van der Waals surface area contributed by atoms with Crippen LogP contribution in [0.1, 0.15) is 18.9 Å². The molecule has 1 saturated heterocycles. The van der Waals surface area contributed by atoms with Crippen LogP contribution in [0.25, 0.3) is 0 Å². The average molecular weight is 335 g/mol. The molecule has 2 heterocycles. The van der Waals surface area contributed by atoms with Crippen molar-refractivity contribution in [3.8, 4) is 0 Å². The fraction of sp³-hybridized carbons (Fsp3) is 0.667. The molecule has 2 unspecified atom stereocenters. The van der Waals surface area contributed by atoms with Crippen molar-refractivity contribution in [1.29, 1.82) is 0 Å². The number of thiophene rings is 1. The number of nitrogens with two attached hydrogens (primary N) is 1. The quantitative estimate of drug-likeness (QED) is 0.916. The Labute approximate surface area is 120 Å². The van der Waals surface area contributed by atoms with Gasteiger partial charge in [-0.1, -0.05) is 6.92 Å². The highest BCUT2D eigenvalue weighted by molar-refractivity contribution is 9.11. The average Bonchev–Trinajstić information content (AvgIpc) is 2.86. The molecule has 0 radical (unpaired) electrons. The fourth-order valence-corrected chi connectivity index (χ4v) is 5.29. The summed E-state index contributed by atoms with van der Waals surface area (Å²) in [4.78, 5) is 2.45. The molecule has 2 nitrogen and oxygen atoms in total.